The minimum absolute atomic E-state index is 0.0612. The van der Waals surface area contributed by atoms with E-state index in [-0.39, 0.29) is 40.9 Å². The molecule has 2 fully saturated rings. The van der Waals surface area contributed by atoms with Gasteiger partial charge in [-0.15, -0.1) is 0 Å². The third kappa shape index (κ3) is 3.08. The molecule has 7 heteroatoms. The Bertz CT molecular complexity index is 655. The number of likely N-dealkylation sites (tertiary alicyclic amines) is 1. The van der Waals surface area contributed by atoms with E-state index >= 15 is 0 Å². The van der Waals surface area contributed by atoms with E-state index in [1.54, 1.807) is 0 Å². The van der Waals surface area contributed by atoms with Crippen LogP contribution in [0.1, 0.15) is 25.7 Å². The Balaban J connectivity index is 1.68. The van der Waals surface area contributed by atoms with Gasteiger partial charge in [0.25, 0.3) is 0 Å². The number of benzene rings is 1. The van der Waals surface area contributed by atoms with Gasteiger partial charge >= 0.3 is 0 Å². The number of anilines is 1. The molecule has 0 spiro atoms. The molecule has 1 N–H and O–H groups in total. The van der Waals surface area contributed by atoms with E-state index in [2.05, 4.69) is 5.32 Å². The summed E-state index contributed by atoms with van der Waals surface area (Å²) in [4.78, 5) is 37.7. The monoisotopic (exact) mass is 338 g/mol. The molecule has 1 aliphatic carbocycles. The molecule has 1 aliphatic heterocycles. The lowest BCUT2D eigenvalue weighted by Crippen LogP contribution is -2.38. The smallest absolute Gasteiger partial charge is 0.244 e. The van der Waals surface area contributed by atoms with E-state index in [9.17, 15) is 18.8 Å². The molecular formula is C16H16ClFN2O3. The second kappa shape index (κ2) is 6.28. The molecule has 0 aromatic heterocycles. The Morgan fingerprint density at radius 2 is 1.83 bits per heavy atom. The maximum Gasteiger partial charge on any atom is 0.244 e. The van der Waals surface area contributed by atoms with Crippen LogP contribution in [0.25, 0.3) is 0 Å². The Hall–Kier alpha value is -1.95. The lowest BCUT2D eigenvalue weighted by molar-refractivity contribution is -0.142. The highest BCUT2D eigenvalue weighted by Crippen LogP contribution is 2.37. The topological polar surface area (TPSA) is 66.5 Å². The molecule has 2 aliphatic rings. The molecule has 2 atom stereocenters. The number of amides is 3. The van der Waals surface area contributed by atoms with Gasteiger partial charge in [-0.1, -0.05) is 24.4 Å². The van der Waals surface area contributed by atoms with Crippen LogP contribution in [0.2, 0.25) is 5.02 Å². The van der Waals surface area contributed by atoms with E-state index in [0.29, 0.717) is 12.8 Å². The molecule has 3 rings (SSSR count). The number of hydrogen-bond donors (Lipinski definition) is 1. The fourth-order valence-electron chi connectivity index (χ4n) is 3.31. The van der Waals surface area contributed by atoms with Crippen molar-refractivity contribution in [1.82, 2.24) is 4.90 Å². The highest BCUT2D eigenvalue weighted by atomic mass is 35.5. The molecule has 3 amide bonds. The number of nitrogens with zero attached hydrogens (tertiary/aromatic N) is 1. The van der Waals surface area contributed by atoms with Crippen molar-refractivity contribution in [2.24, 2.45) is 11.8 Å². The van der Waals surface area contributed by atoms with Gasteiger partial charge in [0.05, 0.1) is 22.5 Å². The first-order valence-electron chi connectivity index (χ1n) is 7.57. The summed E-state index contributed by atoms with van der Waals surface area (Å²) in [7, 11) is 0. The fraction of sp³-hybridized carbons (Fsp3) is 0.438. The standard InChI is InChI=1S/C16H16ClFN2O3/c17-12-7-9(18)5-6-13(12)19-14(21)8-20-15(22)10-3-1-2-4-11(10)16(20)23/h5-7,10-11H,1-4,8H2,(H,19,21)/t10-,11+. The van der Waals surface area contributed by atoms with Crippen molar-refractivity contribution < 1.29 is 18.8 Å². The number of rotatable bonds is 3. The first-order valence-corrected chi connectivity index (χ1v) is 7.95. The molecule has 1 saturated carbocycles. The number of imide groups is 1. The summed E-state index contributed by atoms with van der Waals surface area (Å²) < 4.78 is 13.0. The van der Waals surface area contributed by atoms with Crippen LogP contribution in [0, 0.1) is 17.7 Å². The van der Waals surface area contributed by atoms with Crippen molar-refractivity contribution in [3.8, 4) is 0 Å². The molecule has 23 heavy (non-hydrogen) atoms. The van der Waals surface area contributed by atoms with Gasteiger partial charge in [0.2, 0.25) is 17.7 Å². The van der Waals surface area contributed by atoms with E-state index in [4.69, 9.17) is 11.6 Å². The van der Waals surface area contributed by atoms with E-state index in [1.165, 1.54) is 12.1 Å². The van der Waals surface area contributed by atoms with Crippen LogP contribution < -0.4 is 5.32 Å². The minimum atomic E-state index is -0.529. The van der Waals surface area contributed by atoms with Gasteiger partial charge in [0, 0.05) is 0 Å². The Labute approximate surface area is 137 Å². The number of halogens is 2. The van der Waals surface area contributed by atoms with Crippen molar-refractivity contribution in [1.29, 1.82) is 0 Å². The molecule has 1 saturated heterocycles. The predicted molar refractivity (Wildman–Crippen MR) is 82.2 cm³/mol. The molecule has 0 radical (unpaired) electrons. The first kappa shape index (κ1) is 15.9. The fourth-order valence-corrected chi connectivity index (χ4v) is 3.53. The first-order chi connectivity index (χ1) is 11.0. The van der Waals surface area contributed by atoms with E-state index in [0.717, 1.165) is 23.8 Å². The summed E-state index contributed by atoms with van der Waals surface area (Å²) in [6.45, 7) is -0.335. The zero-order valence-electron chi connectivity index (χ0n) is 12.4. The molecule has 1 aromatic rings. The van der Waals surface area contributed by atoms with Crippen molar-refractivity contribution in [3.05, 3.63) is 29.0 Å². The highest BCUT2D eigenvalue weighted by molar-refractivity contribution is 6.33. The summed E-state index contributed by atoms with van der Waals surface area (Å²) in [6, 6.07) is 3.59. The zero-order valence-corrected chi connectivity index (χ0v) is 13.1. The average molecular weight is 339 g/mol. The molecule has 1 heterocycles. The van der Waals surface area contributed by atoms with Crippen LogP contribution in [0.4, 0.5) is 10.1 Å². The summed E-state index contributed by atoms with van der Waals surface area (Å²) in [6.07, 6.45) is 3.28. The Kier molecular flexibility index (Phi) is 4.35. The number of carbonyl (C=O) groups is 3. The number of fused-ring (bicyclic) bond motifs is 1. The Morgan fingerprint density at radius 1 is 1.22 bits per heavy atom. The number of nitrogens with one attached hydrogen (secondary N) is 1. The molecule has 5 nitrogen and oxygen atoms in total. The number of carbonyl (C=O) groups excluding carboxylic acids is 3. The second-order valence-corrected chi connectivity index (χ2v) is 6.34. The molecule has 122 valence electrons. The van der Waals surface area contributed by atoms with Crippen LogP contribution >= 0.6 is 11.6 Å². The maximum atomic E-state index is 13.0. The predicted octanol–water partition coefficient (Wildman–Crippen LogP) is 2.59. The molecule has 0 unspecified atom stereocenters. The Morgan fingerprint density at radius 3 is 2.39 bits per heavy atom. The lowest BCUT2D eigenvalue weighted by atomic mass is 9.81. The van der Waals surface area contributed by atoms with Crippen LogP contribution in [0.3, 0.4) is 0 Å². The normalized spacial score (nSPS) is 23.8. The highest BCUT2D eigenvalue weighted by Gasteiger charge is 2.48. The van der Waals surface area contributed by atoms with Gasteiger partial charge in [-0.05, 0) is 31.0 Å². The maximum absolute atomic E-state index is 13.0. The van der Waals surface area contributed by atoms with Gasteiger partial charge in [0.1, 0.15) is 12.4 Å². The largest absolute Gasteiger partial charge is 0.323 e. The van der Waals surface area contributed by atoms with Crippen molar-refractivity contribution in [3.63, 3.8) is 0 Å². The van der Waals surface area contributed by atoms with Crippen LogP contribution in [0.15, 0.2) is 18.2 Å². The quantitative estimate of drug-likeness (QED) is 0.861. The van der Waals surface area contributed by atoms with Crippen LogP contribution in [0.5, 0.6) is 0 Å². The summed E-state index contributed by atoms with van der Waals surface area (Å²) in [5, 5.41) is 2.56. The van der Waals surface area contributed by atoms with Crippen LogP contribution in [-0.4, -0.2) is 29.2 Å². The van der Waals surface area contributed by atoms with Gasteiger partial charge in [-0.3, -0.25) is 19.3 Å². The van der Waals surface area contributed by atoms with Crippen molar-refractivity contribution in [2.45, 2.75) is 25.7 Å². The third-order valence-corrected chi connectivity index (χ3v) is 4.75. The molecular weight excluding hydrogens is 323 g/mol. The summed E-state index contributed by atoms with van der Waals surface area (Å²) in [5.41, 5.74) is 0.245. The second-order valence-electron chi connectivity index (χ2n) is 5.93. The average Bonchev–Trinajstić information content (AvgIpc) is 2.76. The lowest BCUT2D eigenvalue weighted by Gasteiger charge is -2.19. The third-order valence-electron chi connectivity index (χ3n) is 4.44. The van der Waals surface area contributed by atoms with E-state index in [1.807, 2.05) is 0 Å². The molecule has 1 aromatic carbocycles. The summed E-state index contributed by atoms with van der Waals surface area (Å²) in [5.74, 6) is -2.13. The van der Waals surface area contributed by atoms with Gasteiger partial charge in [-0.25, -0.2) is 4.39 Å². The van der Waals surface area contributed by atoms with Crippen molar-refractivity contribution >= 4 is 35.0 Å². The number of hydrogen-bond acceptors (Lipinski definition) is 3. The summed E-state index contributed by atoms with van der Waals surface area (Å²) >= 11 is 5.84. The van der Waals surface area contributed by atoms with Gasteiger partial charge < -0.3 is 5.32 Å². The van der Waals surface area contributed by atoms with E-state index < -0.39 is 11.7 Å². The minimum Gasteiger partial charge on any atom is -0.323 e. The van der Waals surface area contributed by atoms with Gasteiger partial charge in [-0.2, -0.15) is 0 Å². The van der Waals surface area contributed by atoms with Crippen molar-refractivity contribution in [2.75, 3.05) is 11.9 Å². The van der Waals surface area contributed by atoms with Crippen LogP contribution in [-0.2, 0) is 14.4 Å². The molecule has 0 bridgehead atoms. The zero-order chi connectivity index (χ0) is 16.6. The SMILES string of the molecule is O=C(CN1C(=O)[C@H]2CCCC[C@H]2C1=O)Nc1ccc(F)cc1Cl. The van der Waals surface area contributed by atoms with Gasteiger partial charge in [0.15, 0.2) is 0 Å².